The van der Waals surface area contributed by atoms with Crippen LogP contribution in [0, 0.1) is 0 Å². The predicted octanol–water partition coefficient (Wildman–Crippen LogP) is 3.01. The van der Waals surface area contributed by atoms with Crippen LogP contribution in [-0.4, -0.2) is 5.91 Å². The SMILES string of the molecule is CC(C(=O)Nc1ccccc1)c1ccccc1N. The summed E-state index contributed by atoms with van der Waals surface area (Å²) >= 11 is 0. The van der Waals surface area contributed by atoms with Crippen molar-refractivity contribution in [2.24, 2.45) is 0 Å². The zero-order valence-corrected chi connectivity index (χ0v) is 10.3. The molecule has 1 atom stereocenters. The molecular weight excluding hydrogens is 224 g/mol. The predicted molar refractivity (Wildman–Crippen MR) is 74.3 cm³/mol. The van der Waals surface area contributed by atoms with Crippen molar-refractivity contribution in [2.45, 2.75) is 12.8 Å². The van der Waals surface area contributed by atoms with Crippen molar-refractivity contribution in [1.82, 2.24) is 0 Å². The van der Waals surface area contributed by atoms with Gasteiger partial charge in [-0.2, -0.15) is 0 Å². The number of carbonyl (C=O) groups is 1. The molecule has 3 N–H and O–H groups in total. The Kier molecular flexibility index (Phi) is 3.63. The smallest absolute Gasteiger partial charge is 0.231 e. The molecule has 0 saturated carbocycles. The monoisotopic (exact) mass is 240 g/mol. The number of rotatable bonds is 3. The van der Waals surface area contributed by atoms with Gasteiger partial charge in [0, 0.05) is 11.4 Å². The highest BCUT2D eigenvalue weighted by Crippen LogP contribution is 2.23. The van der Waals surface area contributed by atoms with Gasteiger partial charge in [0.15, 0.2) is 0 Å². The number of amides is 1. The van der Waals surface area contributed by atoms with E-state index >= 15 is 0 Å². The van der Waals surface area contributed by atoms with Crippen LogP contribution >= 0.6 is 0 Å². The maximum Gasteiger partial charge on any atom is 0.231 e. The lowest BCUT2D eigenvalue weighted by atomic mass is 9.98. The zero-order valence-electron chi connectivity index (χ0n) is 10.3. The zero-order chi connectivity index (χ0) is 13.0. The van der Waals surface area contributed by atoms with E-state index in [1.807, 2.05) is 61.5 Å². The second kappa shape index (κ2) is 5.36. The second-order valence-corrected chi connectivity index (χ2v) is 4.21. The summed E-state index contributed by atoms with van der Waals surface area (Å²) in [6.07, 6.45) is 0. The lowest BCUT2D eigenvalue weighted by Crippen LogP contribution is -2.19. The Morgan fingerprint density at radius 3 is 2.33 bits per heavy atom. The van der Waals surface area contributed by atoms with Gasteiger partial charge in [-0.25, -0.2) is 0 Å². The lowest BCUT2D eigenvalue weighted by molar-refractivity contribution is -0.117. The molecule has 0 aliphatic carbocycles. The van der Waals surface area contributed by atoms with Crippen molar-refractivity contribution in [2.75, 3.05) is 11.1 Å². The van der Waals surface area contributed by atoms with Crippen LogP contribution in [0.3, 0.4) is 0 Å². The van der Waals surface area contributed by atoms with Gasteiger partial charge in [0.05, 0.1) is 5.92 Å². The summed E-state index contributed by atoms with van der Waals surface area (Å²) in [5, 5.41) is 2.87. The molecule has 18 heavy (non-hydrogen) atoms. The standard InChI is InChI=1S/C15H16N2O/c1-11(13-9-5-6-10-14(13)16)15(18)17-12-7-3-2-4-8-12/h2-11H,16H2,1H3,(H,17,18). The molecule has 0 radical (unpaired) electrons. The van der Waals surface area contributed by atoms with Crippen LogP contribution in [0.25, 0.3) is 0 Å². The number of carbonyl (C=O) groups excluding carboxylic acids is 1. The second-order valence-electron chi connectivity index (χ2n) is 4.21. The first-order chi connectivity index (χ1) is 8.68. The molecule has 0 aliphatic rings. The average Bonchev–Trinajstić information content (AvgIpc) is 2.39. The largest absolute Gasteiger partial charge is 0.398 e. The van der Waals surface area contributed by atoms with Gasteiger partial charge in [-0.3, -0.25) is 4.79 Å². The Morgan fingerprint density at radius 2 is 1.67 bits per heavy atom. The summed E-state index contributed by atoms with van der Waals surface area (Å²) in [6, 6.07) is 16.8. The number of nitrogens with one attached hydrogen (secondary N) is 1. The Bertz CT molecular complexity index is 537. The fraction of sp³-hybridized carbons (Fsp3) is 0.133. The van der Waals surface area contributed by atoms with Gasteiger partial charge in [0.2, 0.25) is 5.91 Å². The molecule has 0 fully saturated rings. The summed E-state index contributed by atoms with van der Waals surface area (Å²) in [4.78, 5) is 12.1. The number of benzene rings is 2. The molecule has 2 aromatic carbocycles. The third kappa shape index (κ3) is 2.69. The summed E-state index contributed by atoms with van der Waals surface area (Å²) in [6.45, 7) is 1.85. The molecule has 0 saturated heterocycles. The van der Waals surface area contributed by atoms with Crippen LogP contribution in [-0.2, 0) is 4.79 Å². The molecule has 1 unspecified atom stereocenters. The maximum atomic E-state index is 12.1. The van der Waals surface area contributed by atoms with E-state index in [-0.39, 0.29) is 11.8 Å². The summed E-state index contributed by atoms with van der Waals surface area (Å²) in [7, 11) is 0. The van der Waals surface area contributed by atoms with Crippen molar-refractivity contribution in [3.8, 4) is 0 Å². The minimum absolute atomic E-state index is 0.0564. The summed E-state index contributed by atoms with van der Waals surface area (Å²) in [5.41, 5.74) is 8.17. The molecule has 0 bridgehead atoms. The van der Waals surface area contributed by atoms with E-state index < -0.39 is 0 Å². The van der Waals surface area contributed by atoms with E-state index in [4.69, 9.17) is 5.73 Å². The first-order valence-electron chi connectivity index (χ1n) is 5.89. The van der Waals surface area contributed by atoms with Crippen LogP contribution in [0.2, 0.25) is 0 Å². The number of para-hydroxylation sites is 2. The highest BCUT2D eigenvalue weighted by Gasteiger charge is 2.17. The van der Waals surface area contributed by atoms with Crippen LogP contribution in [0.5, 0.6) is 0 Å². The van der Waals surface area contributed by atoms with Crippen LogP contribution in [0.4, 0.5) is 11.4 Å². The van der Waals surface area contributed by atoms with Crippen LogP contribution < -0.4 is 11.1 Å². The summed E-state index contributed by atoms with van der Waals surface area (Å²) in [5.74, 6) is -0.328. The average molecular weight is 240 g/mol. The van der Waals surface area contributed by atoms with Gasteiger partial charge in [0.25, 0.3) is 0 Å². The normalized spacial score (nSPS) is 11.8. The van der Waals surface area contributed by atoms with Crippen LogP contribution in [0.15, 0.2) is 54.6 Å². The van der Waals surface area contributed by atoms with Gasteiger partial charge >= 0.3 is 0 Å². The fourth-order valence-corrected chi connectivity index (χ4v) is 1.82. The van der Waals surface area contributed by atoms with Gasteiger partial charge in [-0.05, 0) is 30.7 Å². The van der Waals surface area contributed by atoms with E-state index in [1.54, 1.807) is 0 Å². The third-order valence-electron chi connectivity index (χ3n) is 2.90. The van der Waals surface area contributed by atoms with Crippen molar-refractivity contribution in [3.05, 3.63) is 60.2 Å². The quantitative estimate of drug-likeness (QED) is 0.810. The van der Waals surface area contributed by atoms with Crippen molar-refractivity contribution in [3.63, 3.8) is 0 Å². The molecule has 2 rings (SSSR count). The van der Waals surface area contributed by atoms with Gasteiger partial charge in [0.1, 0.15) is 0 Å². The molecule has 0 spiro atoms. The van der Waals surface area contributed by atoms with E-state index in [0.717, 1.165) is 11.3 Å². The highest BCUT2D eigenvalue weighted by atomic mass is 16.1. The number of nitrogens with two attached hydrogens (primary N) is 1. The minimum Gasteiger partial charge on any atom is -0.398 e. The molecule has 0 aliphatic heterocycles. The molecule has 0 aromatic heterocycles. The van der Waals surface area contributed by atoms with E-state index in [1.165, 1.54) is 0 Å². The highest BCUT2D eigenvalue weighted by molar-refractivity contribution is 5.96. The molecule has 3 nitrogen and oxygen atoms in total. The maximum absolute atomic E-state index is 12.1. The Balaban J connectivity index is 2.13. The van der Waals surface area contributed by atoms with Gasteiger partial charge in [-0.15, -0.1) is 0 Å². The number of anilines is 2. The molecule has 3 heteroatoms. The van der Waals surface area contributed by atoms with Gasteiger partial charge in [-0.1, -0.05) is 36.4 Å². The lowest BCUT2D eigenvalue weighted by Gasteiger charge is -2.14. The Morgan fingerprint density at radius 1 is 1.06 bits per heavy atom. The van der Waals surface area contributed by atoms with E-state index in [0.29, 0.717) is 5.69 Å². The van der Waals surface area contributed by atoms with E-state index in [2.05, 4.69) is 5.32 Å². The van der Waals surface area contributed by atoms with Gasteiger partial charge < -0.3 is 11.1 Å². The number of hydrogen-bond acceptors (Lipinski definition) is 2. The Labute approximate surface area is 107 Å². The first-order valence-corrected chi connectivity index (χ1v) is 5.89. The van der Waals surface area contributed by atoms with Crippen molar-refractivity contribution in [1.29, 1.82) is 0 Å². The first kappa shape index (κ1) is 12.2. The molecule has 2 aromatic rings. The molecule has 92 valence electrons. The number of nitrogen functional groups attached to an aromatic ring is 1. The third-order valence-corrected chi connectivity index (χ3v) is 2.90. The van der Waals surface area contributed by atoms with Crippen molar-refractivity contribution < 1.29 is 4.79 Å². The fourth-order valence-electron chi connectivity index (χ4n) is 1.82. The Hall–Kier alpha value is -2.29. The van der Waals surface area contributed by atoms with Crippen molar-refractivity contribution >= 4 is 17.3 Å². The summed E-state index contributed by atoms with van der Waals surface area (Å²) < 4.78 is 0. The molecule has 0 heterocycles. The minimum atomic E-state index is -0.272. The topological polar surface area (TPSA) is 55.1 Å². The van der Waals surface area contributed by atoms with E-state index in [9.17, 15) is 4.79 Å². The van der Waals surface area contributed by atoms with Crippen LogP contribution in [0.1, 0.15) is 18.4 Å². The molecule has 1 amide bonds. The molecular formula is C15H16N2O. The number of hydrogen-bond donors (Lipinski definition) is 2.